The van der Waals surface area contributed by atoms with E-state index in [9.17, 15) is 24.5 Å². The number of carbonyl (C=O) groups excluding carboxylic acids is 3. The molecule has 0 aliphatic rings. The molecule has 0 N–H and O–H groups in total. The number of nitro groups is 1. The van der Waals surface area contributed by atoms with Crippen molar-refractivity contribution in [2.24, 2.45) is 0 Å². The number of ether oxygens (including phenoxy) is 2. The molecule has 0 heterocycles. The van der Waals surface area contributed by atoms with Gasteiger partial charge in [0.2, 0.25) is 0 Å². The van der Waals surface area contributed by atoms with Crippen LogP contribution in [0.2, 0.25) is 0 Å². The summed E-state index contributed by atoms with van der Waals surface area (Å²) in [6, 6.07) is 12.7. The average molecular weight is 414 g/mol. The van der Waals surface area contributed by atoms with Gasteiger partial charge in [-0.15, -0.1) is 0 Å². The van der Waals surface area contributed by atoms with E-state index in [1.807, 2.05) is 6.07 Å². The summed E-state index contributed by atoms with van der Waals surface area (Å²) in [6.45, 7) is -0.00423. The summed E-state index contributed by atoms with van der Waals surface area (Å²) in [6.07, 6.45) is -0.793. The lowest BCUT2D eigenvalue weighted by Gasteiger charge is -2.21. The van der Waals surface area contributed by atoms with Gasteiger partial charge in [-0.2, -0.15) is 0 Å². The van der Waals surface area contributed by atoms with E-state index in [4.69, 9.17) is 9.47 Å². The van der Waals surface area contributed by atoms with E-state index in [-0.39, 0.29) is 17.7 Å². The molecule has 2 aromatic carbocycles. The van der Waals surface area contributed by atoms with Gasteiger partial charge >= 0.3 is 5.97 Å². The number of hydrogen-bond donors (Lipinski definition) is 0. The fraction of sp³-hybridized carbons (Fsp3) is 0.286. The third kappa shape index (κ3) is 5.26. The minimum absolute atomic E-state index is 0.00423. The van der Waals surface area contributed by atoms with Gasteiger partial charge in [-0.1, -0.05) is 36.4 Å². The molecule has 9 nitrogen and oxygen atoms in total. The van der Waals surface area contributed by atoms with E-state index in [2.05, 4.69) is 0 Å². The molecule has 0 spiro atoms. The molecule has 2 rings (SSSR count). The molecule has 0 saturated carbocycles. The topological polar surface area (TPSA) is 116 Å². The highest BCUT2D eigenvalue weighted by molar-refractivity contribution is 5.98. The Kier molecular flexibility index (Phi) is 7.76. The summed E-state index contributed by atoms with van der Waals surface area (Å²) in [7, 11) is 4.16. The van der Waals surface area contributed by atoms with Crippen molar-refractivity contribution in [1.29, 1.82) is 0 Å². The first-order valence-corrected chi connectivity index (χ1v) is 8.98. The predicted octanol–water partition coefficient (Wildman–Crippen LogP) is 2.34. The second kappa shape index (κ2) is 10.3. The zero-order valence-corrected chi connectivity index (χ0v) is 16.8. The fourth-order valence-electron chi connectivity index (χ4n) is 2.86. The molecule has 0 aliphatic heterocycles. The Balaban J connectivity index is 2.32. The van der Waals surface area contributed by atoms with Gasteiger partial charge in [0, 0.05) is 27.3 Å². The molecule has 2 atom stereocenters. The summed E-state index contributed by atoms with van der Waals surface area (Å²) in [5, 5.41) is 11.3. The van der Waals surface area contributed by atoms with E-state index in [1.165, 1.54) is 38.2 Å². The summed E-state index contributed by atoms with van der Waals surface area (Å²) in [5.41, 5.74) is 0.395. The van der Waals surface area contributed by atoms with Crippen molar-refractivity contribution in [3.8, 4) is 0 Å². The standard InChI is InChI=1S/C21H22N2O7/c1-22(2)20(25)16-11-15(9-10-18(16)23(27)28)17(12-24)19(29-3)21(26)30-13-14-7-5-4-6-8-14/h4-12,17,19H,13H2,1-3H3. The molecule has 2 unspecified atom stereocenters. The Morgan fingerprint density at radius 3 is 2.37 bits per heavy atom. The highest BCUT2D eigenvalue weighted by Crippen LogP contribution is 2.28. The maximum Gasteiger partial charge on any atom is 0.336 e. The van der Waals surface area contributed by atoms with Gasteiger partial charge in [0.25, 0.3) is 11.6 Å². The molecule has 0 fully saturated rings. The van der Waals surface area contributed by atoms with Crippen LogP contribution in [0.5, 0.6) is 0 Å². The largest absolute Gasteiger partial charge is 0.459 e. The second-order valence-corrected chi connectivity index (χ2v) is 6.64. The smallest absolute Gasteiger partial charge is 0.336 e. The molecule has 0 radical (unpaired) electrons. The van der Waals surface area contributed by atoms with E-state index in [0.717, 1.165) is 11.6 Å². The van der Waals surface area contributed by atoms with Crippen molar-refractivity contribution in [2.45, 2.75) is 18.6 Å². The number of hydrogen-bond acceptors (Lipinski definition) is 7. The van der Waals surface area contributed by atoms with Crippen LogP contribution in [0.1, 0.15) is 27.4 Å². The maximum atomic E-state index is 12.5. The van der Waals surface area contributed by atoms with Crippen LogP contribution in [0.4, 0.5) is 5.69 Å². The first-order valence-electron chi connectivity index (χ1n) is 8.98. The molecule has 0 bridgehead atoms. The number of esters is 1. The minimum Gasteiger partial charge on any atom is -0.459 e. The van der Waals surface area contributed by atoms with Crippen LogP contribution in [-0.4, -0.2) is 55.3 Å². The Labute approximate surface area is 173 Å². The van der Waals surface area contributed by atoms with E-state index >= 15 is 0 Å². The van der Waals surface area contributed by atoms with E-state index in [1.54, 1.807) is 24.3 Å². The van der Waals surface area contributed by atoms with Crippen molar-refractivity contribution < 1.29 is 28.8 Å². The summed E-state index contributed by atoms with van der Waals surface area (Å²) >= 11 is 0. The maximum absolute atomic E-state index is 12.5. The first kappa shape index (κ1) is 22.7. The Morgan fingerprint density at radius 2 is 1.83 bits per heavy atom. The first-order chi connectivity index (χ1) is 14.3. The molecular formula is C21H22N2O7. The Hall–Kier alpha value is -3.59. The van der Waals surface area contributed by atoms with Crippen LogP contribution in [0.25, 0.3) is 0 Å². The van der Waals surface area contributed by atoms with Gasteiger partial charge in [0.1, 0.15) is 18.5 Å². The molecular weight excluding hydrogens is 392 g/mol. The number of methoxy groups -OCH3 is 1. The third-order valence-corrected chi connectivity index (χ3v) is 4.42. The Morgan fingerprint density at radius 1 is 1.17 bits per heavy atom. The number of nitro benzene ring substituents is 1. The van der Waals surface area contributed by atoms with Gasteiger partial charge in [-0.25, -0.2) is 4.79 Å². The van der Waals surface area contributed by atoms with E-state index < -0.39 is 34.5 Å². The number of benzene rings is 2. The quantitative estimate of drug-likeness (QED) is 0.268. The lowest BCUT2D eigenvalue weighted by molar-refractivity contribution is -0.385. The number of aldehydes is 1. The molecule has 0 aliphatic carbocycles. The van der Waals surface area contributed by atoms with Gasteiger partial charge in [-0.05, 0) is 17.2 Å². The molecule has 158 valence electrons. The average Bonchev–Trinajstić information content (AvgIpc) is 2.75. The zero-order valence-electron chi connectivity index (χ0n) is 16.8. The highest BCUT2D eigenvalue weighted by Gasteiger charge is 2.33. The molecule has 0 saturated heterocycles. The molecule has 30 heavy (non-hydrogen) atoms. The van der Waals surface area contributed by atoms with Crippen LogP contribution in [-0.2, 0) is 25.7 Å². The van der Waals surface area contributed by atoms with Crippen LogP contribution in [0, 0.1) is 10.1 Å². The lowest BCUT2D eigenvalue weighted by atomic mass is 9.92. The van der Waals surface area contributed by atoms with Crippen molar-refractivity contribution in [3.63, 3.8) is 0 Å². The number of amides is 1. The normalized spacial score (nSPS) is 12.5. The molecule has 9 heteroatoms. The van der Waals surface area contributed by atoms with Crippen molar-refractivity contribution in [1.82, 2.24) is 4.90 Å². The number of rotatable bonds is 9. The minimum atomic E-state index is -1.28. The highest BCUT2D eigenvalue weighted by atomic mass is 16.6. The zero-order chi connectivity index (χ0) is 22.3. The van der Waals surface area contributed by atoms with Crippen molar-refractivity contribution in [3.05, 3.63) is 75.3 Å². The van der Waals surface area contributed by atoms with Gasteiger partial charge in [-0.3, -0.25) is 14.9 Å². The van der Waals surface area contributed by atoms with Gasteiger partial charge < -0.3 is 19.2 Å². The lowest BCUT2D eigenvalue weighted by Crippen LogP contribution is -2.33. The van der Waals surface area contributed by atoms with Crippen LogP contribution >= 0.6 is 0 Å². The third-order valence-electron chi connectivity index (χ3n) is 4.42. The SMILES string of the molecule is COC(C(=O)OCc1ccccc1)C(C=O)c1ccc([N+](=O)[O-])c(C(=O)N(C)C)c1. The van der Waals surface area contributed by atoms with Crippen LogP contribution < -0.4 is 0 Å². The summed E-state index contributed by atoms with van der Waals surface area (Å²) < 4.78 is 10.5. The van der Waals surface area contributed by atoms with E-state index in [0.29, 0.717) is 6.29 Å². The van der Waals surface area contributed by atoms with Crippen molar-refractivity contribution in [2.75, 3.05) is 21.2 Å². The Bertz CT molecular complexity index is 928. The molecule has 2 aromatic rings. The van der Waals surface area contributed by atoms with Crippen molar-refractivity contribution >= 4 is 23.9 Å². The number of carbonyl (C=O) groups is 3. The molecule has 0 aromatic heterocycles. The van der Waals surface area contributed by atoms with Gasteiger partial charge in [0.05, 0.1) is 10.8 Å². The number of nitrogens with zero attached hydrogens (tertiary/aromatic N) is 2. The second-order valence-electron chi connectivity index (χ2n) is 6.64. The van der Waals surface area contributed by atoms with Gasteiger partial charge in [0.15, 0.2) is 6.10 Å². The monoisotopic (exact) mass is 414 g/mol. The molecule has 1 amide bonds. The van der Waals surface area contributed by atoms with Crippen LogP contribution in [0.15, 0.2) is 48.5 Å². The summed E-state index contributed by atoms with van der Waals surface area (Å²) in [5.74, 6) is -2.49. The van der Waals surface area contributed by atoms with Crippen LogP contribution in [0.3, 0.4) is 0 Å². The fourth-order valence-corrected chi connectivity index (χ4v) is 2.86. The predicted molar refractivity (Wildman–Crippen MR) is 107 cm³/mol. The summed E-state index contributed by atoms with van der Waals surface area (Å²) in [4.78, 5) is 48.5.